The second kappa shape index (κ2) is 9.63. The third kappa shape index (κ3) is 5.51. The highest BCUT2D eigenvalue weighted by atomic mass is 35.5. The average Bonchev–Trinajstić information content (AvgIpc) is 2.60. The maximum atomic E-state index is 12.5. The molecule has 0 atom stereocenters. The number of hydrogen-bond acceptors (Lipinski definition) is 6. The zero-order valence-electron chi connectivity index (χ0n) is 16.0. The van der Waals surface area contributed by atoms with Crippen LogP contribution in [0.1, 0.15) is 24.2 Å². The third-order valence-corrected chi connectivity index (χ3v) is 5.27. The maximum Gasteiger partial charge on any atom is 0.255 e. The fourth-order valence-electron chi connectivity index (χ4n) is 2.42. The average molecular weight is 430 g/mol. The predicted molar refractivity (Wildman–Crippen MR) is 111 cm³/mol. The first-order chi connectivity index (χ1) is 12.7. The monoisotopic (exact) mass is 429 g/mol. The molecule has 154 valence electrons. The first kappa shape index (κ1) is 23.5. The van der Waals surface area contributed by atoms with E-state index in [1.54, 1.807) is 32.0 Å². The highest BCUT2D eigenvalue weighted by Gasteiger charge is 2.22. The van der Waals surface area contributed by atoms with Crippen molar-refractivity contribution in [3.05, 3.63) is 42.0 Å². The lowest BCUT2D eigenvalue weighted by atomic mass is 10.2. The molecule has 0 fully saturated rings. The number of benzene rings is 2. The summed E-state index contributed by atoms with van der Waals surface area (Å²) < 4.78 is 37.7. The summed E-state index contributed by atoms with van der Waals surface area (Å²) in [5.41, 5.74) is 6.82. The lowest BCUT2D eigenvalue weighted by Gasteiger charge is -2.14. The number of sulfonamides is 1. The fraction of sp³-hybridized carbons (Fsp3) is 0.278. The van der Waals surface area contributed by atoms with E-state index in [9.17, 15) is 13.2 Å². The van der Waals surface area contributed by atoms with Gasteiger partial charge in [0.15, 0.2) is 0 Å². The molecule has 28 heavy (non-hydrogen) atoms. The molecule has 0 spiro atoms. The van der Waals surface area contributed by atoms with Crippen molar-refractivity contribution in [2.24, 2.45) is 0 Å². The van der Waals surface area contributed by atoms with Crippen molar-refractivity contribution in [3.8, 4) is 11.5 Å². The van der Waals surface area contributed by atoms with E-state index in [1.165, 1.54) is 32.4 Å². The normalized spacial score (nSPS) is 10.9. The molecule has 0 bridgehead atoms. The Labute approximate surface area is 170 Å². The summed E-state index contributed by atoms with van der Waals surface area (Å²) in [6, 6.07) is 8.70. The number of nitrogens with one attached hydrogen (secondary N) is 2. The maximum absolute atomic E-state index is 12.5. The Kier molecular flexibility index (Phi) is 8.10. The van der Waals surface area contributed by atoms with Crippen molar-refractivity contribution in [1.29, 1.82) is 0 Å². The van der Waals surface area contributed by atoms with Crippen LogP contribution >= 0.6 is 12.4 Å². The number of anilines is 2. The van der Waals surface area contributed by atoms with Crippen molar-refractivity contribution >= 4 is 39.7 Å². The van der Waals surface area contributed by atoms with Crippen molar-refractivity contribution in [2.75, 3.05) is 25.3 Å². The number of halogens is 1. The summed E-state index contributed by atoms with van der Waals surface area (Å²) in [7, 11) is -0.979. The number of ether oxygens (including phenoxy) is 2. The van der Waals surface area contributed by atoms with Gasteiger partial charge < -0.3 is 20.5 Å². The smallest absolute Gasteiger partial charge is 0.255 e. The molecule has 2 aromatic carbocycles. The highest BCUT2D eigenvalue weighted by Crippen LogP contribution is 2.27. The van der Waals surface area contributed by atoms with Crippen LogP contribution in [0.2, 0.25) is 0 Å². The molecule has 2 rings (SSSR count). The van der Waals surface area contributed by atoms with E-state index in [0.29, 0.717) is 17.1 Å². The minimum Gasteiger partial charge on any atom is -0.495 e. The van der Waals surface area contributed by atoms with Crippen LogP contribution in [0, 0.1) is 0 Å². The van der Waals surface area contributed by atoms with Gasteiger partial charge in [0.25, 0.3) is 5.91 Å². The Bertz CT molecular complexity index is 948. The van der Waals surface area contributed by atoms with Gasteiger partial charge in [-0.15, -0.1) is 12.4 Å². The second-order valence-electron chi connectivity index (χ2n) is 6.05. The molecule has 2 aromatic rings. The topological polar surface area (TPSA) is 120 Å². The summed E-state index contributed by atoms with van der Waals surface area (Å²) in [4.78, 5) is 12.4. The number of nitrogens with two attached hydrogens (primary N) is 1. The number of carbonyl (C=O) groups excluding carboxylic acids is 1. The largest absolute Gasteiger partial charge is 0.495 e. The van der Waals surface area contributed by atoms with E-state index < -0.39 is 15.9 Å². The van der Waals surface area contributed by atoms with Crippen molar-refractivity contribution in [1.82, 2.24) is 4.72 Å². The molecule has 0 aliphatic heterocycles. The van der Waals surface area contributed by atoms with Crippen LogP contribution in [0.25, 0.3) is 0 Å². The van der Waals surface area contributed by atoms with Crippen LogP contribution in [-0.4, -0.2) is 34.6 Å². The van der Waals surface area contributed by atoms with Crippen LogP contribution < -0.4 is 25.2 Å². The summed E-state index contributed by atoms with van der Waals surface area (Å²) in [5, 5.41) is 2.68. The van der Waals surface area contributed by atoms with Crippen molar-refractivity contribution in [2.45, 2.75) is 24.8 Å². The lowest BCUT2D eigenvalue weighted by Crippen LogP contribution is -2.30. The fourth-order valence-corrected chi connectivity index (χ4v) is 3.86. The summed E-state index contributed by atoms with van der Waals surface area (Å²) in [5.74, 6) is 0.155. The molecule has 8 nitrogen and oxygen atoms in total. The second-order valence-corrected chi connectivity index (χ2v) is 7.73. The van der Waals surface area contributed by atoms with Gasteiger partial charge in [-0.25, -0.2) is 13.1 Å². The SMILES string of the molecule is COc1ccc(NC(=O)c2ccc(OC)c(S(=O)(=O)NC(C)C)c2)cc1N.Cl. The highest BCUT2D eigenvalue weighted by molar-refractivity contribution is 7.89. The quantitative estimate of drug-likeness (QED) is 0.582. The Morgan fingerprint density at radius 1 is 1.04 bits per heavy atom. The van der Waals surface area contributed by atoms with Gasteiger partial charge in [-0.3, -0.25) is 4.79 Å². The Morgan fingerprint density at radius 2 is 1.64 bits per heavy atom. The van der Waals surface area contributed by atoms with Crippen LogP contribution in [0.3, 0.4) is 0 Å². The minimum absolute atomic E-state index is 0. The number of amides is 1. The number of carbonyl (C=O) groups is 1. The molecular weight excluding hydrogens is 406 g/mol. The van der Waals surface area contributed by atoms with Gasteiger partial charge in [-0.1, -0.05) is 0 Å². The standard InChI is InChI=1S/C18H23N3O5S.ClH/c1-11(2)21-27(23,24)17-9-12(5-7-16(17)26-4)18(22)20-13-6-8-15(25-3)14(19)10-13;/h5-11,21H,19H2,1-4H3,(H,20,22);1H. The van der Waals surface area contributed by atoms with Crippen LogP contribution in [0.15, 0.2) is 41.3 Å². The van der Waals surface area contributed by atoms with E-state index in [1.807, 2.05) is 0 Å². The molecule has 1 amide bonds. The van der Waals surface area contributed by atoms with Gasteiger partial charge in [0.2, 0.25) is 10.0 Å². The van der Waals surface area contributed by atoms with E-state index >= 15 is 0 Å². The van der Waals surface area contributed by atoms with E-state index in [2.05, 4.69) is 10.0 Å². The van der Waals surface area contributed by atoms with Gasteiger partial charge in [-0.2, -0.15) is 0 Å². The van der Waals surface area contributed by atoms with E-state index in [4.69, 9.17) is 15.2 Å². The van der Waals surface area contributed by atoms with Gasteiger partial charge in [0, 0.05) is 17.3 Å². The van der Waals surface area contributed by atoms with Crippen molar-refractivity contribution < 1.29 is 22.7 Å². The van der Waals surface area contributed by atoms with Crippen molar-refractivity contribution in [3.63, 3.8) is 0 Å². The number of methoxy groups -OCH3 is 2. The zero-order chi connectivity index (χ0) is 20.2. The molecule has 0 radical (unpaired) electrons. The van der Waals surface area contributed by atoms with Gasteiger partial charge in [0.05, 0.1) is 19.9 Å². The molecule has 0 aromatic heterocycles. The lowest BCUT2D eigenvalue weighted by molar-refractivity contribution is 0.102. The molecule has 0 heterocycles. The predicted octanol–water partition coefficient (Wildman–Crippen LogP) is 2.65. The van der Waals surface area contributed by atoms with Crippen LogP contribution in [-0.2, 0) is 10.0 Å². The molecule has 0 saturated heterocycles. The molecular formula is C18H24ClN3O5S. The zero-order valence-corrected chi connectivity index (χ0v) is 17.6. The molecule has 10 heteroatoms. The minimum atomic E-state index is -3.84. The first-order valence-electron chi connectivity index (χ1n) is 8.13. The molecule has 0 aliphatic rings. The summed E-state index contributed by atoms with van der Waals surface area (Å²) in [6.07, 6.45) is 0. The molecule has 0 saturated carbocycles. The molecule has 0 aliphatic carbocycles. The van der Waals surface area contributed by atoms with Gasteiger partial charge in [-0.05, 0) is 50.2 Å². The Balaban J connectivity index is 0.00000392. The molecule has 4 N–H and O–H groups in total. The first-order valence-corrected chi connectivity index (χ1v) is 9.61. The van der Waals surface area contributed by atoms with Crippen LogP contribution in [0.4, 0.5) is 11.4 Å². The third-order valence-electron chi connectivity index (χ3n) is 3.59. The number of rotatable bonds is 7. The van der Waals surface area contributed by atoms with Gasteiger partial charge in [0.1, 0.15) is 16.4 Å². The van der Waals surface area contributed by atoms with E-state index in [-0.39, 0.29) is 34.7 Å². The van der Waals surface area contributed by atoms with Gasteiger partial charge >= 0.3 is 0 Å². The Hall–Kier alpha value is -2.49. The van der Waals surface area contributed by atoms with Crippen LogP contribution in [0.5, 0.6) is 11.5 Å². The summed E-state index contributed by atoms with van der Waals surface area (Å²) in [6.45, 7) is 3.41. The summed E-state index contributed by atoms with van der Waals surface area (Å²) >= 11 is 0. The van der Waals surface area contributed by atoms with E-state index in [0.717, 1.165) is 0 Å². The molecule has 0 unspecified atom stereocenters. The number of nitrogen functional groups attached to an aromatic ring is 1. The number of hydrogen-bond donors (Lipinski definition) is 3. The Morgan fingerprint density at radius 3 is 2.18 bits per heavy atom.